The summed E-state index contributed by atoms with van der Waals surface area (Å²) in [7, 11) is 3.38. The van der Waals surface area contributed by atoms with E-state index in [2.05, 4.69) is 33.0 Å². The topological polar surface area (TPSA) is 59.4 Å². The Hall–Kier alpha value is -2.84. The molecule has 166 valence electrons. The van der Waals surface area contributed by atoms with Gasteiger partial charge in [0.25, 0.3) is 0 Å². The standard InChI is InChI=1S/C24H26N4O3S/c1-29-19-6-5-17(20(13-19)30-2)14-28-22(21-12-16-4-3-9-25-23(16)32-21)26-31-24(28)15-27-10-7-18(24)8-11-27/h3-6,9,12-13,18H,7-8,10-11,14-15H2,1-2H3. The number of methoxy groups -OCH3 is 2. The van der Waals surface area contributed by atoms with Crippen molar-refractivity contribution in [3.63, 3.8) is 0 Å². The number of benzene rings is 1. The minimum atomic E-state index is -0.444. The molecule has 2 aromatic heterocycles. The largest absolute Gasteiger partial charge is 0.497 e. The van der Waals surface area contributed by atoms with Crippen LogP contribution in [0, 0.1) is 5.92 Å². The van der Waals surface area contributed by atoms with Gasteiger partial charge in [-0.3, -0.25) is 4.90 Å². The number of thiophene rings is 1. The summed E-state index contributed by atoms with van der Waals surface area (Å²) in [5.74, 6) is 2.93. The molecular weight excluding hydrogens is 424 g/mol. The summed E-state index contributed by atoms with van der Waals surface area (Å²) < 4.78 is 11.1. The second-order valence-corrected chi connectivity index (χ2v) is 9.70. The Bertz CT molecular complexity index is 1150. The maximum Gasteiger partial charge on any atom is 0.227 e. The van der Waals surface area contributed by atoms with Crippen LogP contribution in [-0.2, 0) is 11.4 Å². The molecule has 0 aliphatic carbocycles. The molecule has 1 aromatic carbocycles. The fourth-order valence-corrected chi connectivity index (χ4v) is 6.32. The van der Waals surface area contributed by atoms with Crippen LogP contribution in [0.5, 0.6) is 11.5 Å². The number of pyridine rings is 1. The number of nitrogens with zero attached hydrogens (tertiary/aromatic N) is 4. The molecule has 1 spiro atoms. The van der Waals surface area contributed by atoms with Gasteiger partial charge in [0.1, 0.15) is 16.3 Å². The number of rotatable bonds is 5. The van der Waals surface area contributed by atoms with Crippen LogP contribution in [0.25, 0.3) is 10.2 Å². The van der Waals surface area contributed by atoms with E-state index in [-0.39, 0.29) is 0 Å². The first-order chi connectivity index (χ1) is 15.7. The van der Waals surface area contributed by atoms with E-state index in [1.165, 1.54) is 0 Å². The summed E-state index contributed by atoms with van der Waals surface area (Å²) in [6, 6.07) is 12.2. The number of aromatic nitrogens is 1. The first kappa shape index (κ1) is 19.8. The smallest absolute Gasteiger partial charge is 0.227 e. The van der Waals surface area contributed by atoms with Crippen molar-refractivity contribution in [1.82, 2.24) is 14.8 Å². The molecule has 4 aliphatic heterocycles. The lowest BCUT2D eigenvalue weighted by Gasteiger charge is -2.53. The van der Waals surface area contributed by atoms with Gasteiger partial charge in [0, 0.05) is 29.1 Å². The molecule has 0 saturated carbocycles. The highest BCUT2D eigenvalue weighted by molar-refractivity contribution is 7.20. The third kappa shape index (κ3) is 3.04. The first-order valence-electron chi connectivity index (χ1n) is 11.0. The van der Waals surface area contributed by atoms with Crippen LogP contribution in [0.1, 0.15) is 23.3 Å². The zero-order valence-electron chi connectivity index (χ0n) is 18.3. The molecule has 0 N–H and O–H groups in total. The highest BCUT2D eigenvalue weighted by Crippen LogP contribution is 2.46. The fourth-order valence-electron chi connectivity index (χ4n) is 5.32. The third-order valence-electron chi connectivity index (χ3n) is 7.02. The summed E-state index contributed by atoms with van der Waals surface area (Å²) in [4.78, 5) is 17.9. The van der Waals surface area contributed by atoms with Crippen LogP contribution >= 0.6 is 11.3 Å². The maximum atomic E-state index is 6.37. The number of ether oxygens (including phenoxy) is 2. The van der Waals surface area contributed by atoms with Gasteiger partial charge in [-0.25, -0.2) is 4.98 Å². The highest BCUT2D eigenvalue weighted by atomic mass is 32.1. The number of amidine groups is 1. The molecule has 1 unspecified atom stereocenters. The predicted octanol–water partition coefficient (Wildman–Crippen LogP) is 3.93. The van der Waals surface area contributed by atoms with Crippen LogP contribution in [0.4, 0.5) is 0 Å². The van der Waals surface area contributed by atoms with E-state index in [1.807, 2.05) is 24.4 Å². The number of oxime groups is 1. The highest BCUT2D eigenvalue weighted by Gasteiger charge is 2.57. The number of hydrogen-bond donors (Lipinski definition) is 0. The average molecular weight is 451 g/mol. The van der Waals surface area contributed by atoms with Gasteiger partial charge in [-0.1, -0.05) is 11.2 Å². The molecule has 32 heavy (non-hydrogen) atoms. The molecule has 4 aliphatic rings. The lowest BCUT2D eigenvalue weighted by atomic mass is 9.79. The van der Waals surface area contributed by atoms with E-state index in [9.17, 15) is 0 Å². The van der Waals surface area contributed by atoms with Crippen LogP contribution in [0.3, 0.4) is 0 Å². The van der Waals surface area contributed by atoms with Gasteiger partial charge in [0.2, 0.25) is 5.72 Å². The fraction of sp³-hybridized carbons (Fsp3) is 0.417. The Morgan fingerprint density at radius 3 is 2.75 bits per heavy atom. The van der Waals surface area contributed by atoms with Crippen LogP contribution in [0.2, 0.25) is 0 Å². The zero-order chi connectivity index (χ0) is 21.7. The van der Waals surface area contributed by atoms with Crippen molar-refractivity contribution in [3.8, 4) is 11.5 Å². The summed E-state index contributed by atoms with van der Waals surface area (Å²) >= 11 is 1.66. The van der Waals surface area contributed by atoms with E-state index >= 15 is 0 Å². The molecule has 2 bridgehead atoms. The molecule has 0 amide bonds. The lowest BCUT2D eigenvalue weighted by molar-refractivity contribution is -0.198. The number of hydrogen-bond acceptors (Lipinski definition) is 8. The average Bonchev–Trinajstić information content (AvgIpc) is 3.42. The minimum Gasteiger partial charge on any atom is -0.497 e. The van der Waals surface area contributed by atoms with Crippen molar-refractivity contribution in [2.24, 2.45) is 11.1 Å². The van der Waals surface area contributed by atoms with Crippen LogP contribution in [0.15, 0.2) is 47.8 Å². The van der Waals surface area contributed by atoms with Crippen LogP contribution in [-0.4, -0.2) is 60.2 Å². The van der Waals surface area contributed by atoms with E-state index in [0.29, 0.717) is 12.5 Å². The number of fused-ring (bicyclic) bond motifs is 3. The quantitative estimate of drug-likeness (QED) is 0.587. The summed E-state index contributed by atoms with van der Waals surface area (Å²) in [5, 5.41) is 5.83. The molecule has 6 heterocycles. The van der Waals surface area contributed by atoms with E-state index in [4.69, 9.17) is 19.5 Å². The Morgan fingerprint density at radius 2 is 2.03 bits per heavy atom. The van der Waals surface area contributed by atoms with Gasteiger partial charge >= 0.3 is 0 Å². The Balaban J connectivity index is 1.42. The summed E-state index contributed by atoms with van der Waals surface area (Å²) in [6.07, 6.45) is 4.10. The van der Waals surface area contributed by atoms with E-state index < -0.39 is 5.72 Å². The summed E-state index contributed by atoms with van der Waals surface area (Å²) in [5.41, 5.74) is 0.641. The van der Waals surface area contributed by atoms with E-state index in [0.717, 1.165) is 70.5 Å². The minimum absolute atomic E-state index is 0.444. The van der Waals surface area contributed by atoms with Crippen molar-refractivity contribution >= 4 is 27.4 Å². The predicted molar refractivity (Wildman–Crippen MR) is 124 cm³/mol. The second kappa shape index (κ2) is 7.64. The van der Waals surface area contributed by atoms with Crippen molar-refractivity contribution in [1.29, 1.82) is 0 Å². The van der Waals surface area contributed by atoms with Crippen molar-refractivity contribution in [3.05, 3.63) is 53.0 Å². The maximum absolute atomic E-state index is 6.37. The Kier molecular flexibility index (Phi) is 4.73. The summed E-state index contributed by atoms with van der Waals surface area (Å²) in [6.45, 7) is 3.79. The van der Waals surface area contributed by atoms with Crippen molar-refractivity contribution < 1.29 is 14.3 Å². The Labute approximate surface area is 191 Å². The van der Waals surface area contributed by atoms with Gasteiger partial charge in [-0.05, 0) is 50.2 Å². The lowest BCUT2D eigenvalue weighted by Crippen LogP contribution is -2.66. The third-order valence-corrected chi connectivity index (χ3v) is 8.07. The van der Waals surface area contributed by atoms with Crippen LogP contribution < -0.4 is 9.47 Å². The van der Waals surface area contributed by atoms with E-state index in [1.54, 1.807) is 25.6 Å². The second-order valence-electron chi connectivity index (χ2n) is 8.67. The molecule has 7 nitrogen and oxygen atoms in total. The van der Waals surface area contributed by atoms with Crippen molar-refractivity contribution in [2.45, 2.75) is 25.1 Å². The molecule has 7 rings (SSSR count). The van der Waals surface area contributed by atoms with Gasteiger partial charge in [-0.2, -0.15) is 0 Å². The molecule has 1 atom stereocenters. The molecule has 8 heteroatoms. The normalized spacial score (nSPS) is 26.4. The van der Waals surface area contributed by atoms with Gasteiger partial charge < -0.3 is 19.2 Å². The van der Waals surface area contributed by atoms with Gasteiger partial charge in [0.15, 0.2) is 5.84 Å². The van der Waals surface area contributed by atoms with Gasteiger partial charge in [-0.15, -0.1) is 11.3 Å². The molecule has 3 fully saturated rings. The monoisotopic (exact) mass is 450 g/mol. The zero-order valence-corrected chi connectivity index (χ0v) is 19.1. The molecule has 3 aromatic rings. The SMILES string of the molecule is COc1ccc(CN2C(c3cc4cccnc4s3)=NOC23CN2CCC3CC2)c(OC)c1. The first-order valence-corrected chi connectivity index (χ1v) is 11.8. The molecule has 0 radical (unpaired) electrons. The van der Waals surface area contributed by atoms with Gasteiger partial charge in [0.05, 0.1) is 32.2 Å². The van der Waals surface area contributed by atoms with Crippen molar-refractivity contribution in [2.75, 3.05) is 33.9 Å². The Morgan fingerprint density at radius 1 is 1.16 bits per heavy atom. The number of piperidine rings is 3. The molecular formula is C24H26N4O3S. The molecule has 3 saturated heterocycles.